The zero-order valence-corrected chi connectivity index (χ0v) is 13.7. The van der Waals surface area contributed by atoms with E-state index in [0.717, 1.165) is 5.56 Å². The highest BCUT2D eigenvalue weighted by atomic mass is 35.5. The minimum Gasteiger partial charge on any atom is -0.494 e. The molecule has 0 spiro atoms. The number of amides is 1. The van der Waals surface area contributed by atoms with E-state index in [0.29, 0.717) is 17.3 Å². The molecule has 0 aromatic heterocycles. The monoisotopic (exact) mass is 336 g/mol. The first kappa shape index (κ1) is 17.2. The van der Waals surface area contributed by atoms with Crippen LogP contribution in [0.25, 0.3) is 0 Å². The van der Waals surface area contributed by atoms with E-state index in [1.807, 2.05) is 0 Å². The summed E-state index contributed by atoms with van der Waals surface area (Å²) in [7, 11) is 3.21. The Bertz CT molecular complexity index is 694. The van der Waals surface area contributed by atoms with Gasteiger partial charge in [-0.05, 0) is 42.9 Å². The lowest BCUT2D eigenvalue weighted by atomic mass is 10.2. The molecule has 0 atom stereocenters. The van der Waals surface area contributed by atoms with Gasteiger partial charge in [0.25, 0.3) is 0 Å². The van der Waals surface area contributed by atoms with Gasteiger partial charge in [0.05, 0.1) is 13.7 Å². The minimum absolute atomic E-state index is 0.163. The van der Waals surface area contributed by atoms with Crippen molar-refractivity contribution in [3.63, 3.8) is 0 Å². The van der Waals surface area contributed by atoms with E-state index >= 15 is 0 Å². The molecule has 1 N–H and O–H groups in total. The van der Waals surface area contributed by atoms with Crippen molar-refractivity contribution in [3.05, 3.63) is 58.9 Å². The van der Waals surface area contributed by atoms with E-state index in [1.54, 1.807) is 48.3 Å². The lowest BCUT2D eigenvalue weighted by Crippen LogP contribution is -2.29. The quantitative estimate of drug-likeness (QED) is 0.877. The van der Waals surface area contributed by atoms with Crippen molar-refractivity contribution in [1.82, 2.24) is 4.90 Å². The fraction of sp³-hybridized carbons (Fsp3) is 0.235. The Morgan fingerprint density at radius 2 is 2.09 bits per heavy atom. The van der Waals surface area contributed by atoms with E-state index in [4.69, 9.17) is 16.3 Å². The average Bonchev–Trinajstić information content (AvgIpc) is 2.47. The molecule has 0 bridgehead atoms. The molecule has 2 aromatic carbocycles. The number of nitrogens with zero attached hydrogens (tertiary/aromatic N) is 1. The number of halogens is 2. The Balaban J connectivity index is 1.90. The van der Waals surface area contributed by atoms with Gasteiger partial charge in [0, 0.05) is 17.3 Å². The summed E-state index contributed by atoms with van der Waals surface area (Å²) >= 11 is 5.87. The van der Waals surface area contributed by atoms with Gasteiger partial charge in [-0.15, -0.1) is 0 Å². The van der Waals surface area contributed by atoms with Gasteiger partial charge in [0.1, 0.15) is 0 Å². The van der Waals surface area contributed by atoms with Crippen LogP contribution >= 0.6 is 11.6 Å². The maximum Gasteiger partial charge on any atom is 0.238 e. The lowest BCUT2D eigenvalue weighted by molar-refractivity contribution is -0.117. The number of likely N-dealkylation sites (N-methyl/N-ethyl adjacent to an activating group) is 1. The number of carbonyl (C=O) groups is 1. The molecule has 0 saturated carbocycles. The molecule has 0 aliphatic rings. The summed E-state index contributed by atoms with van der Waals surface area (Å²) in [6.45, 7) is 0.629. The third-order valence-corrected chi connectivity index (χ3v) is 3.43. The summed E-state index contributed by atoms with van der Waals surface area (Å²) < 4.78 is 18.5. The van der Waals surface area contributed by atoms with Crippen molar-refractivity contribution < 1.29 is 13.9 Å². The molecule has 2 rings (SSSR count). The van der Waals surface area contributed by atoms with Gasteiger partial charge in [0.15, 0.2) is 11.6 Å². The van der Waals surface area contributed by atoms with E-state index < -0.39 is 5.82 Å². The number of rotatable bonds is 6. The van der Waals surface area contributed by atoms with Crippen LogP contribution in [0.15, 0.2) is 42.5 Å². The number of benzene rings is 2. The van der Waals surface area contributed by atoms with Gasteiger partial charge in [0.2, 0.25) is 5.91 Å². The Morgan fingerprint density at radius 3 is 2.74 bits per heavy atom. The number of methoxy groups -OCH3 is 1. The highest BCUT2D eigenvalue weighted by molar-refractivity contribution is 6.30. The summed E-state index contributed by atoms with van der Waals surface area (Å²) in [5.74, 6) is -0.374. The number of hydrogen-bond donors (Lipinski definition) is 1. The first-order valence-corrected chi connectivity index (χ1v) is 7.42. The average molecular weight is 337 g/mol. The summed E-state index contributed by atoms with van der Waals surface area (Å²) in [6.07, 6.45) is 0. The predicted molar refractivity (Wildman–Crippen MR) is 89.4 cm³/mol. The SMILES string of the molecule is COc1ccc(CN(C)CC(=O)Nc2cccc(Cl)c2)cc1F. The van der Waals surface area contributed by atoms with Crippen molar-refractivity contribution in [2.24, 2.45) is 0 Å². The molecular formula is C17H18ClFN2O2. The maximum atomic E-state index is 13.7. The number of carbonyl (C=O) groups excluding carboxylic acids is 1. The molecule has 0 unspecified atom stereocenters. The molecular weight excluding hydrogens is 319 g/mol. The van der Waals surface area contributed by atoms with Gasteiger partial charge < -0.3 is 10.1 Å². The summed E-state index contributed by atoms with van der Waals surface area (Å²) in [4.78, 5) is 13.8. The molecule has 0 aliphatic carbocycles. The predicted octanol–water partition coefficient (Wildman–Crippen LogP) is 3.56. The summed E-state index contributed by atoms with van der Waals surface area (Å²) in [5, 5.41) is 3.33. The van der Waals surface area contributed by atoms with Crippen LogP contribution in [0.4, 0.5) is 10.1 Å². The number of nitrogens with one attached hydrogen (secondary N) is 1. The molecule has 0 heterocycles. The lowest BCUT2D eigenvalue weighted by Gasteiger charge is -2.17. The third kappa shape index (κ3) is 5.23. The van der Waals surface area contributed by atoms with Gasteiger partial charge in [-0.25, -0.2) is 4.39 Å². The molecule has 2 aromatic rings. The largest absolute Gasteiger partial charge is 0.494 e. The molecule has 0 radical (unpaired) electrons. The van der Waals surface area contributed by atoms with Crippen LogP contribution in [0.3, 0.4) is 0 Å². The van der Waals surface area contributed by atoms with Crippen LogP contribution < -0.4 is 10.1 Å². The Morgan fingerprint density at radius 1 is 1.30 bits per heavy atom. The molecule has 6 heteroatoms. The second-order valence-electron chi connectivity index (χ2n) is 5.20. The van der Waals surface area contributed by atoms with Gasteiger partial charge >= 0.3 is 0 Å². The van der Waals surface area contributed by atoms with E-state index in [-0.39, 0.29) is 18.2 Å². The zero-order valence-electron chi connectivity index (χ0n) is 13.0. The van der Waals surface area contributed by atoms with Crippen molar-refractivity contribution in [2.45, 2.75) is 6.54 Å². The molecule has 122 valence electrons. The fourth-order valence-corrected chi connectivity index (χ4v) is 2.38. The standard InChI is InChI=1S/C17H18ClFN2O2/c1-21(10-12-6-7-16(23-2)15(19)8-12)11-17(22)20-14-5-3-4-13(18)9-14/h3-9H,10-11H2,1-2H3,(H,20,22). The van der Waals surface area contributed by atoms with Crippen LogP contribution in [-0.4, -0.2) is 31.5 Å². The fourth-order valence-electron chi connectivity index (χ4n) is 2.19. The Hall–Kier alpha value is -2.11. The van der Waals surface area contributed by atoms with E-state index in [2.05, 4.69) is 5.32 Å². The molecule has 1 amide bonds. The highest BCUT2D eigenvalue weighted by Gasteiger charge is 2.10. The topological polar surface area (TPSA) is 41.6 Å². The van der Waals surface area contributed by atoms with Crippen molar-refractivity contribution in [1.29, 1.82) is 0 Å². The van der Waals surface area contributed by atoms with E-state index in [9.17, 15) is 9.18 Å². The third-order valence-electron chi connectivity index (χ3n) is 3.19. The van der Waals surface area contributed by atoms with Crippen LogP contribution in [0.2, 0.25) is 5.02 Å². The van der Waals surface area contributed by atoms with Gasteiger partial charge in [-0.1, -0.05) is 23.7 Å². The maximum absolute atomic E-state index is 13.7. The van der Waals surface area contributed by atoms with Crippen molar-refractivity contribution in [3.8, 4) is 5.75 Å². The van der Waals surface area contributed by atoms with Crippen molar-refractivity contribution >= 4 is 23.2 Å². The number of ether oxygens (including phenoxy) is 1. The van der Waals surface area contributed by atoms with Gasteiger partial charge in [-0.3, -0.25) is 9.69 Å². The van der Waals surface area contributed by atoms with Crippen LogP contribution in [0, 0.1) is 5.82 Å². The summed E-state index contributed by atoms with van der Waals surface area (Å²) in [6, 6.07) is 11.7. The first-order chi connectivity index (χ1) is 11.0. The molecule has 0 saturated heterocycles. The van der Waals surface area contributed by atoms with Crippen LogP contribution in [-0.2, 0) is 11.3 Å². The van der Waals surface area contributed by atoms with Crippen LogP contribution in [0.1, 0.15) is 5.56 Å². The molecule has 0 aliphatic heterocycles. The molecule has 4 nitrogen and oxygen atoms in total. The number of hydrogen-bond acceptors (Lipinski definition) is 3. The minimum atomic E-state index is -0.415. The van der Waals surface area contributed by atoms with E-state index in [1.165, 1.54) is 13.2 Å². The normalized spacial score (nSPS) is 10.7. The number of anilines is 1. The van der Waals surface area contributed by atoms with Crippen molar-refractivity contribution in [2.75, 3.05) is 26.0 Å². The smallest absolute Gasteiger partial charge is 0.238 e. The highest BCUT2D eigenvalue weighted by Crippen LogP contribution is 2.18. The second-order valence-corrected chi connectivity index (χ2v) is 5.64. The summed E-state index contributed by atoms with van der Waals surface area (Å²) in [5.41, 5.74) is 1.41. The second kappa shape index (κ2) is 7.94. The van der Waals surface area contributed by atoms with Gasteiger partial charge in [-0.2, -0.15) is 0 Å². The Labute approximate surface area is 139 Å². The first-order valence-electron chi connectivity index (χ1n) is 7.04. The molecule has 23 heavy (non-hydrogen) atoms. The zero-order chi connectivity index (χ0) is 16.8. The van der Waals surface area contributed by atoms with Crippen LogP contribution in [0.5, 0.6) is 5.75 Å². The molecule has 0 fully saturated rings. The Kier molecular flexibility index (Phi) is 5.96.